The van der Waals surface area contributed by atoms with Crippen LogP contribution in [0, 0.1) is 0 Å². The third-order valence-electron chi connectivity index (χ3n) is 4.05. The largest absolute Gasteiger partial charge is 0.257 e. The normalized spacial score (nSPS) is 20.1. The number of hydrogen-bond acceptors (Lipinski definition) is 6. The molecule has 0 amide bonds. The first-order valence-corrected chi connectivity index (χ1v) is 17.3. The van der Waals surface area contributed by atoms with Gasteiger partial charge in [0.2, 0.25) is 0 Å². The molecule has 0 saturated carbocycles. The van der Waals surface area contributed by atoms with Crippen molar-refractivity contribution in [3.05, 3.63) is 12.7 Å². The van der Waals surface area contributed by atoms with Gasteiger partial charge in [0, 0.05) is 42.8 Å². The van der Waals surface area contributed by atoms with Crippen molar-refractivity contribution in [1.82, 2.24) is 29.9 Å². The first-order valence-electron chi connectivity index (χ1n) is 12.3. The lowest BCUT2D eigenvalue weighted by Gasteiger charge is -2.51. The van der Waals surface area contributed by atoms with E-state index in [0.717, 1.165) is 0 Å². The van der Waals surface area contributed by atoms with Crippen molar-refractivity contribution in [2.75, 3.05) is 6.54 Å². The van der Waals surface area contributed by atoms with Gasteiger partial charge in [-0.05, 0) is 83.1 Å². The molecular formula is C21H52N9P3. The van der Waals surface area contributed by atoms with E-state index >= 15 is 0 Å². The van der Waals surface area contributed by atoms with Crippen LogP contribution in [0.3, 0.4) is 0 Å². The van der Waals surface area contributed by atoms with E-state index in [2.05, 4.69) is 120 Å². The molecule has 0 aliphatic carbocycles. The third kappa shape index (κ3) is 8.97. The molecule has 1 aliphatic rings. The highest BCUT2D eigenvalue weighted by Crippen LogP contribution is 2.76. The summed E-state index contributed by atoms with van der Waals surface area (Å²) in [5, 5.41) is 19.3. The number of rotatable bonds is 13. The number of nitrogens with one attached hydrogen (secondary N) is 5. The lowest BCUT2D eigenvalue weighted by molar-refractivity contribution is 0.598. The van der Waals surface area contributed by atoms with Gasteiger partial charge >= 0.3 is 0 Å². The van der Waals surface area contributed by atoms with Crippen molar-refractivity contribution >= 4 is 22.5 Å². The van der Waals surface area contributed by atoms with E-state index in [1.807, 2.05) is 6.08 Å². The maximum absolute atomic E-state index is 5.60. The summed E-state index contributed by atoms with van der Waals surface area (Å²) in [5.41, 5.74) is 0. The summed E-state index contributed by atoms with van der Waals surface area (Å²) in [5.74, 6) is 0. The van der Waals surface area contributed by atoms with E-state index in [1.54, 1.807) is 0 Å². The second kappa shape index (κ2) is 12.9. The van der Waals surface area contributed by atoms with E-state index in [1.165, 1.54) is 0 Å². The minimum absolute atomic E-state index is 0.100. The average molecular weight is 524 g/mol. The fourth-order valence-electron chi connectivity index (χ4n) is 3.69. The second-order valence-corrected chi connectivity index (χ2v) is 18.2. The zero-order valence-corrected chi connectivity index (χ0v) is 25.8. The number of hydrogen-bond donors (Lipinski definition) is 5. The third-order valence-corrected chi connectivity index (χ3v) is 16.5. The molecule has 9 nitrogen and oxygen atoms in total. The molecule has 0 radical (unpaired) electrons. The first kappa shape index (κ1) is 31.2. The second-order valence-electron chi connectivity index (χ2n) is 10.4. The molecule has 0 fully saturated rings. The van der Waals surface area contributed by atoms with E-state index in [-0.39, 0.29) is 36.3 Å². The summed E-state index contributed by atoms with van der Waals surface area (Å²) < 4.78 is 18.9. The topological polar surface area (TPSA) is 100 Å². The summed E-state index contributed by atoms with van der Waals surface area (Å²) >= 11 is 0. The monoisotopic (exact) mass is 523 g/mol. The standard InChI is InChI=1S/C21H52N9P3/c1-14-15-30-32(24-18(6)7,25-19(8)9)28-31(22-16(2)3,23-17(4)5)29-33(30,26-20(10)11)27-21(12)13/h14,16-22,24-27H,1,15H2,2-13H3. The van der Waals surface area contributed by atoms with Gasteiger partial charge in [0.1, 0.15) is 0 Å². The fourth-order valence-corrected chi connectivity index (χ4v) is 17.8. The molecule has 196 valence electrons. The maximum Gasteiger partial charge on any atom is 0.257 e. The quantitative estimate of drug-likeness (QED) is 0.136. The molecule has 0 bridgehead atoms. The Morgan fingerprint density at radius 2 is 1.00 bits per heavy atom. The molecule has 0 aromatic rings. The molecule has 0 spiro atoms. The maximum atomic E-state index is 5.60. The summed E-state index contributed by atoms with van der Waals surface area (Å²) in [6, 6.07) is 1.18. The Bertz CT molecular complexity index is 725. The molecule has 1 heterocycles. The van der Waals surface area contributed by atoms with Gasteiger partial charge in [-0.25, -0.2) is 9.83 Å². The van der Waals surface area contributed by atoms with Crippen molar-refractivity contribution in [2.45, 2.75) is 119 Å². The first-order chi connectivity index (χ1) is 15.1. The van der Waals surface area contributed by atoms with E-state index in [0.29, 0.717) is 6.54 Å². The van der Waals surface area contributed by atoms with Gasteiger partial charge in [-0.15, -0.1) is 6.58 Å². The molecule has 1 rings (SSSR count). The van der Waals surface area contributed by atoms with Gasteiger partial charge in [-0.3, -0.25) is 20.3 Å². The van der Waals surface area contributed by atoms with Crippen molar-refractivity contribution in [1.29, 1.82) is 0 Å². The van der Waals surface area contributed by atoms with Crippen molar-refractivity contribution < 1.29 is 0 Å². The summed E-state index contributed by atoms with van der Waals surface area (Å²) in [7, 11) is -7.61. The highest BCUT2D eigenvalue weighted by molar-refractivity contribution is 7.85. The average Bonchev–Trinajstić information content (AvgIpc) is 2.53. The molecular weight excluding hydrogens is 471 g/mol. The highest BCUT2D eigenvalue weighted by Gasteiger charge is 2.47. The molecule has 33 heavy (non-hydrogen) atoms. The Hall–Kier alpha value is 0.190. The Kier molecular flexibility index (Phi) is 12.2. The van der Waals surface area contributed by atoms with Gasteiger partial charge < -0.3 is 0 Å². The van der Waals surface area contributed by atoms with Crippen molar-refractivity contribution in [2.24, 2.45) is 13.8 Å². The SMILES string of the molecule is C=CCN1P(NC(C)C)(NC(C)C)=NP(=NC(C)C)(NC(C)C)N=P1(NC(C)C)NC(C)C. The van der Waals surface area contributed by atoms with Crippen LogP contribution in [0.25, 0.3) is 0 Å². The van der Waals surface area contributed by atoms with Crippen LogP contribution in [0.15, 0.2) is 26.4 Å². The van der Waals surface area contributed by atoms with Gasteiger partial charge in [-0.2, -0.15) is 13.5 Å². The summed E-state index contributed by atoms with van der Waals surface area (Å²) in [6.07, 6.45) is 1.96. The molecule has 0 atom stereocenters. The lowest BCUT2D eigenvalue weighted by Crippen LogP contribution is -2.47. The molecule has 5 N–H and O–H groups in total. The molecule has 0 aromatic heterocycles. The molecule has 0 unspecified atom stereocenters. The molecule has 1 aliphatic heterocycles. The Morgan fingerprint density at radius 1 is 0.667 bits per heavy atom. The van der Waals surface area contributed by atoms with Crippen molar-refractivity contribution in [3.63, 3.8) is 0 Å². The molecule has 12 heteroatoms. The minimum atomic E-state index is -2.63. The van der Waals surface area contributed by atoms with Gasteiger partial charge in [0.05, 0.1) is 0 Å². The van der Waals surface area contributed by atoms with Crippen molar-refractivity contribution in [3.8, 4) is 0 Å². The Morgan fingerprint density at radius 3 is 1.24 bits per heavy atom. The van der Waals surface area contributed by atoms with E-state index in [4.69, 9.17) is 13.8 Å². The van der Waals surface area contributed by atoms with Crippen LogP contribution in [-0.2, 0) is 0 Å². The smallest absolute Gasteiger partial charge is 0.256 e. The van der Waals surface area contributed by atoms with Crippen LogP contribution in [0.4, 0.5) is 0 Å². The zero-order valence-electron chi connectivity index (χ0n) is 23.1. The van der Waals surface area contributed by atoms with Crippen LogP contribution in [0.1, 0.15) is 83.1 Å². The van der Waals surface area contributed by atoms with Gasteiger partial charge in [-0.1, -0.05) is 6.08 Å². The number of nitrogens with zero attached hydrogens (tertiary/aromatic N) is 4. The van der Waals surface area contributed by atoms with E-state index < -0.39 is 22.5 Å². The van der Waals surface area contributed by atoms with Crippen LogP contribution < -0.4 is 25.4 Å². The van der Waals surface area contributed by atoms with Crippen LogP contribution in [0.2, 0.25) is 0 Å². The van der Waals surface area contributed by atoms with Crippen LogP contribution >= 0.6 is 22.5 Å². The molecule has 0 saturated heterocycles. The van der Waals surface area contributed by atoms with Crippen LogP contribution in [-0.4, -0.2) is 47.2 Å². The van der Waals surface area contributed by atoms with Gasteiger partial charge in [0.25, 0.3) is 7.51 Å². The van der Waals surface area contributed by atoms with Gasteiger partial charge in [0.15, 0.2) is 15.0 Å². The van der Waals surface area contributed by atoms with E-state index in [9.17, 15) is 0 Å². The predicted octanol–water partition coefficient (Wildman–Crippen LogP) is 6.73. The lowest BCUT2D eigenvalue weighted by atomic mass is 10.4. The van der Waals surface area contributed by atoms with Crippen LogP contribution in [0.5, 0.6) is 0 Å². The zero-order chi connectivity index (χ0) is 25.6. The Balaban J connectivity index is 4.27. The Labute approximate surface area is 204 Å². The fraction of sp³-hybridized carbons (Fsp3) is 0.905. The summed E-state index contributed by atoms with van der Waals surface area (Å²) in [4.78, 5) is 0. The molecule has 0 aromatic carbocycles. The summed E-state index contributed by atoms with van der Waals surface area (Å²) in [6.45, 7) is 30.7. The predicted molar refractivity (Wildman–Crippen MR) is 151 cm³/mol. The minimum Gasteiger partial charge on any atom is -0.256 e. The highest BCUT2D eigenvalue weighted by atomic mass is 31.3.